The van der Waals surface area contributed by atoms with Crippen LogP contribution in [-0.4, -0.2) is 28.2 Å². The first-order valence-corrected chi connectivity index (χ1v) is 7.73. The Hall–Kier alpha value is -2.80. The molecule has 3 aromatic rings. The third-order valence-electron chi connectivity index (χ3n) is 3.10. The maximum atomic E-state index is 12.1. The number of aromatic nitrogens is 3. The number of hydrogen-bond donors (Lipinski definition) is 1. The second-order valence-electron chi connectivity index (χ2n) is 4.73. The Morgan fingerprint density at radius 2 is 2.04 bits per heavy atom. The molecule has 0 aliphatic carbocycles. The summed E-state index contributed by atoms with van der Waals surface area (Å²) < 4.78 is 5.09. The van der Waals surface area contributed by atoms with E-state index < -0.39 is 0 Å². The lowest BCUT2D eigenvalue weighted by Gasteiger charge is -2.03. The van der Waals surface area contributed by atoms with Crippen molar-refractivity contribution in [2.45, 2.75) is 6.42 Å². The number of methoxy groups -OCH3 is 1. The van der Waals surface area contributed by atoms with E-state index in [1.54, 1.807) is 19.5 Å². The molecule has 0 atom stereocenters. The molecule has 0 fully saturated rings. The lowest BCUT2D eigenvalue weighted by molar-refractivity contribution is -0.115. The van der Waals surface area contributed by atoms with Crippen molar-refractivity contribution in [3.05, 3.63) is 54.4 Å². The number of rotatable bonds is 5. The normalized spacial score (nSPS) is 10.3. The van der Waals surface area contributed by atoms with Crippen molar-refractivity contribution in [1.29, 1.82) is 0 Å². The van der Waals surface area contributed by atoms with E-state index in [9.17, 15) is 4.79 Å². The molecule has 0 saturated carbocycles. The summed E-state index contributed by atoms with van der Waals surface area (Å²) in [6.45, 7) is 0. The molecule has 23 heavy (non-hydrogen) atoms. The van der Waals surface area contributed by atoms with Gasteiger partial charge in [0.25, 0.3) is 0 Å². The molecule has 0 unspecified atom stereocenters. The van der Waals surface area contributed by atoms with Crippen molar-refractivity contribution in [3.63, 3.8) is 0 Å². The lowest BCUT2D eigenvalue weighted by Crippen LogP contribution is -2.14. The third-order valence-corrected chi connectivity index (χ3v) is 3.99. The highest BCUT2D eigenvalue weighted by Crippen LogP contribution is 2.25. The number of carbonyl (C=O) groups excluding carboxylic acids is 1. The fraction of sp³-hybridized carbons (Fsp3) is 0.125. The molecule has 0 spiro atoms. The van der Waals surface area contributed by atoms with Crippen molar-refractivity contribution >= 4 is 22.4 Å². The number of nitrogens with one attached hydrogen (secondary N) is 1. The maximum Gasteiger partial charge on any atom is 0.230 e. The van der Waals surface area contributed by atoms with Gasteiger partial charge in [0, 0.05) is 18.0 Å². The standard InChI is InChI=1S/C16H14N4O2S/c1-22-13-6-4-11(5-7-13)9-14(21)18-16-20-19-15(23-16)12-3-2-8-17-10-12/h2-8,10H,9H2,1H3,(H,18,20,21). The summed E-state index contributed by atoms with van der Waals surface area (Å²) in [5, 5.41) is 12.0. The van der Waals surface area contributed by atoms with E-state index in [1.165, 1.54) is 11.3 Å². The zero-order chi connectivity index (χ0) is 16.1. The van der Waals surface area contributed by atoms with Crippen LogP contribution in [0.2, 0.25) is 0 Å². The van der Waals surface area contributed by atoms with E-state index in [2.05, 4.69) is 20.5 Å². The molecular weight excluding hydrogens is 312 g/mol. The summed E-state index contributed by atoms with van der Waals surface area (Å²) in [6.07, 6.45) is 3.68. The topological polar surface area (TPSA) is 77.0 Å². The maximum absolute atomic E-state index is 12.1. The number of ether oxygens (including phenoxy) is 1. The van der Waals surface area contributed by atoms with Crippen LogP contribution >= 0.6 is 11.3 Å². The minimum atomic E-state index is -0.135. The van der Waals surface area contributed by atoms with E-state index in [0.29, 0.717) is 5.13 Å². The highest BCUT2D eigenvalue weighted by atomic mass is 32.1. The monoisotopic (exact) mass is 326 g/mol. The van der Waals surface area contributed by atoms with E-state index in [4.69, 9.17) is 4.74 Å². The molecule has 0 radical (unpaired) electrons. The molecule has 3 rings (SSSR count). The van der Waals surface area contributed by atoms with Gasteiger partial charge in [-0.15, -0.1) is 10.2 Å². The smallest absolute Gasteiger partial charge is 0.230 e. The first kappa shape index (κ1) is 15.1. The Morgan fingerprint density at radius 3 is 2.74 bits per heavy atom. The molecule has 1 amide bonds. The summed E-state index contributed by atoms with van der Waals surface area (Å²) in [6, 6.07) is 11.1. The number of benzene rings is 1. The number of amides is 1. The molecule has 116 valence electrons. The fourth-order valence-corrected chi connectivity index (χ4v) is 2.72. The van der Waals surface area contributed by atoms with Crippen LogP contribution in [0.5, 0.6) is 5.75 Å². The van der Waals surface area contributed by atoms with Crippen LogP contribution in [0.4, 0.5) is 5.13 Å². The fourth-order valence-electron chi connectivity index (χ4n) is 1.97. The molecule has 0 aliphatic heterocycles. The van der Waals surface area contributed by atoms with Gasteiger partial charge in [-0.1, -0.05) is 23.5 Å². The van der Waals surface area contributed by atoms with Gasteiger partial charge in [-0.3, -0.25) is 9.78 Å². The van der Waals surface area contributed by atoms with Gasteiger partial charge in [-0.2, -0.15) is 0 Å². The highest BCUT2D eigenvalue weighted by Gasteiger charge is 2.10. The molecule has 2 heterocycles. The van der Waals surface area contributed by atoms with Gasteiger partial charge in [-0.05, 0) is 29.8 Å². The van der Waals surface area contributed by atoms with Crippen molar-refractivity contribution in [2.24, 2.45) is 0 Å². The number of carbonyl (C=O) groups is 1. The Kier molecular flexibility index (Phi) is 4.58. The van der Waals surface area contributed by atoms with Crippen LogP contribution in [0, 0.1) is 0 Å². The van der Waals surface area contributed by atoms with Gasteiger partial charge in [0.05, 0.1) is 13.5 Å². The van der Waals surface area contributed by atoms with Gasteiger partial charge >= 0.3 is 0 Å². The average molecular weight is 326 g/mol. The van der Waals surface area contributed by atoms with Crippen LogP contribution in [0.25, 0.3) is 10.6 Å². The number of nitrogens with zero attached hydrogens (tertiary/aromatic N) is 3. The lowest BCUT2D eigenvalue weighted by atomic mass is 10.1. The molecule has 0 aliphatic rings. The van der Waals surface area contributed by atoms with Gasteiger partial charge in [0.15, 0.2) is 5.01 Å². The average Bonchev–Trinajstić information content (AvgIpc) is 3.04. The first-order chi connectivity index (χ1) is 11.2. The van der Waals surface area contributed by atoms with Gasteiger partial charge in [0.1, 0.15) is 5.75 Å². The van der Waals surface area contributed by atoms with E-state index in [-0.39, 0.29) is 12.3 Å². The first-order valence-electron chi connectivity index (χ1n) is 6.91. The van der Waals surface area contributed by atoms with Gasteiger partial charge in [-0.25, -0.2) is 0 Å². The largest absolute Gasteiger partial charge is 0.497 e. The number of anilines is 1. The van der Waals surface area contributed by atoms with Gasteiger partial charge < -0.3 is 10.1 Å². The van der Waals surface area contributed by atoms with Crippen LogP contribution in [-0.2, 0) is 11.2 Å². The van der Waals surface area contributed by atoms with E-state index in [1.807, 2.05) is 36.4 Å². The Morgan fingerprint density at radius 1 is 1.22 bits per heavy atom. The zero-order valence-corrected chi connectivity index (χ0v) is 13.2. The summed E-state index contributed by atoms with van der Waals surface area (Å²) in [4.78, 5) is 16.1. The predicted molar refractivity (Wildman–Crippen MR) is 88.5 cm³/mol. The van der Waals surface area contributed by atoms with Crippen molar-refractivity contribution in [2.75, 3.05) is 12.4 Å². The van der Waals surface area contributed by atoms with Gasteiger partial charge in [0.2, 0.25) is 11.0 Å². The van der Waals surface area contributed by atoms with Crippen LogP contribution < -0.4 is 10.1 Å². The molecule has 6 nitrogen and oxygen atoms in total. The second kappa shape index (κ2) is 6.97. The molecule has 1 N–H and O–H groups in total. The number of hydrogen-bond acceptors (Lipinski definition) is 6. The summed E-state index contributed by atoms with van der Waals surface area (Å²) in [5.74, 6) is 0.628. The quantitative estimate of drug-likeness (QED) is 0.780. The highest BCUT2D eigenvalue weighted by molar-refractivity contribution is 7.18. The minimum Gasteiger partial charge on any atom is -0.497 e. The SMILES string of the molecule is COc1ccc(CC(=O)Nc2nnc(-c3cccnc3)s2)cc1. The van der Waals surface area contributed by atoms with Crippen LogP contribution in [0.1, 0.15) is 5.56 Å². The Balaban J connectivity index is 1.63. The summed E-state index contributed by atoms with van der Waals surface area (Å²) >= 11 is 1.32. The van der Waals surface area contributed by atoms with Crippen molar-refractivity contribution in [3.8, 4) is 16.3 Å². The summed E-state index contributed by atoms with van der Waals surface area (Å²) in [7, 11) is 1.61. The summed E-state index contributed by atoms with van der Waals surface area (Å²) in [5.41, 5.74) is 1.78. The molecule has 2 aromatic heterocycles. The molecule has 1 aromatic carbocycles. The minimum absolute atomic E-state index is 0.135. The third kappa shape index (κ3) is 3.89. The second-order valence-corrected chi connectivity index (χ2v) is 5.70. The molecule has 0 bridgehead atoms. The van der Waals surface area contributed by atoms with Crippen molar-refractivity contribution in [1.82, 2.24) is 15.2 Å². The van der Waals surface area contributed by atoms with Crippen LogP contribution in [0.15, 0.2) is 48.8 Å². The van der Waals surface area contributed by atoms with E-state index in [0.717, 1.165) is 21.9 Å². The predicted octanol–water partition coefficient (Wildman–Crippen LogP) is 2.79. The van der Waals surface area contributed by atoms with E-state index >= 15 is 0 Å². The number of pyridine rings is 1. The molecule has 0 saturated heterocycles. The molecular formula is C16H14N4O2S. The van der Waals surface area contributed by atoms with Crippen molar-refractivity contribution < 1.29 is 9.53 Å². The molecule has 7 heteroatoms. The zero-order valence-electron chi connectivity index (χ0n) is 12.4. The Bertz CT molecular complexity index is 787. The van der Waals surface area contributed by atoms with Crippen LogP contribution in [0.3, 0.4) is 0 Å². The Labute approximate surface area is 137 Å².